The van der Waals surface area contributed by atoms with Gasteiger partial charge in [0.1, 0.15) is 22.7 Å². The second kappa shape index (κ2) is 9.54. The number of ketones is 1. The Hall–Kier alpha value is -2.61. The van der Waals surface area contributed by atoms with Crippen LogP contribution in [0.1, 0.15) is 51.9 Å². The van der Waals surface area contributed by atoms with Crippen LogP contribution in [-0.2, 0) is 19.1 Å². The van der Waals surface area contributed by atoms with Crippen molar-refractivity contribution < 1.29 is 33.3 Å². The van der Waals surface area contributed by atoms with Crippen molar-refractivity contribution in [2.45, 2.75) is 52.7 Å². The summed E-state index contributed by atoms with van der Waals surface area (Å²) in [5.41, 5.74) is 4.37. The summed E-state index contributed by atoms with van der Waals surface area (Å²) in [6.07, 6.45) is 0. The molecule has 1 aromatic rings. The first-order valence-corrected chi connectivity index (χ1v) is 8.87. The van der Waals surface area contributed by atoms with Gasteiger partial charge in [-0.05, 0) is 53.7 Å². The zero-order valence-electron chi connectivity index (χ0n) is 17.3. The van der Waals surface area contributed by atoms with Crippen LogP contribution in [0.4, 0.5) is 0 Å². The molecule has 0 amide bonds. The van der Waals surface area contributed by atoms with E-state index in [9.17, 15) is 14.4 Å². The SMILES string of the molecule is CC(C)(C)OC(=O)COc1cc(OCC(=O)OC(C)(C)C)cc(C(=O)CN)c1. The van der Waals surface area contributed by atoms with Gasteiger partial charge in [0.15, 0.2) is 19.0 Å². The monoisotopic (exact) mass is 395 g/mol. The van der Waals surface area contributed by atoms with Gasteiger partial charge < -0.3 is 24.7 Å². The summed E-state index contributed by atoms with van der Waals surface area (Å²) in [6, 6.07) is 4.35. The van der Waals surface area contributed by atoms with Gasteiger partial charge in [-0.3, -0.25) is 4.79 Å². The predicted molar refractivity (Wildman–Crippen MR) is 103 cm³/mol. The van der Waals surface area contributed by atoms with Gasteiger partial charge in [0.25, 0.3) is 0 Å². The van der Waals surface area contributed by atoms with E-state index < -0.39 is 23.1 Å². The van der Waals surface area contributed by atoms with E-state index in [2.05, 4.69) is 0 Å². The van der Waals surface area contributed by atoms with E-state index in [1.54, 1.807) is 41.5 Å². The van der Waals surface area contributed by atoms with Crippen LogP contribution in [-0.4, -0.2) is 48.7 Å². The number of rotatable bonds is 8. The summed E-state index contributed by atoms with van der Waals surface area (Å²) in [4.78, 5) is 35.6. The zero-order valence-corrected chi connectivity index (χ0v) is 17.3. The number of hydrogen-bond acceptors (Lipinski definition) is 8. The third kappa shape index (κ3) is 9.36. The van der Waals surface area contributed by atoms with Crippen molar-refractivity contribution in [2.75, 3.05) is 19.8 Å². The highest BCUT2D eigenvalue weighted by atomic mass is 16.6. The van der Waals surface area contributed by atoms with Crippen LogP contribution in [0.2, 0.25) is 0 Å². The van der Waals surface area contributed by atoms with Crippen molar-refractivity contribution in [3.05, 3.63) is 23.8 Å². The molecule has 0 atom stereocenters. The number of benzene rings is 1. The standard InChI is InChI=1S/C20H29NO7/c1-19(2,3)27-17(23)11-25-14-7-13(16(22)10-21)8-15(9-14)26-12-18(24)28-20(4,5)6/h7-9H,10-12,21H2,1-6H3. The second-order valence-corrected chi connectivity index (χ2v) is 8.07. The molecular formula is C20H29NO7. The van der Waals surface area contributed by atoms with Crippen LogP contribution in [0.5, 0.6) is 11.5 Å². The Bertz CT molecular complexity index is 664. The van der Waals surface area contributed by atoms with Crippen molar-refractivity contribution >= 4 is 17.7 Å². The molecule has 156 valence electrons. The fourth-order valence-corrected chi connectivity index (χ4v) is 2.04. The summed E-state index contributed by atoms with van der Waals surface area (Å²) in [5.74, 6) is -1.03. The van der Waals surface area contributed by atoms with E-state index in [4.69, 9.17) is 24.7 Å². The molecule has 0 heterocycles. The molecule has 8 nitrogen and oxygen atoms in total. The lowest BCUT2D eigenvalue weighted by molar-refractivity contribution is -0.158. The van der Waals surface area contributed by atoms with Gasteiger partial charge in [-0.1, -0.05) is 0 Å². The van der Waals surface area contributed by atoms with Gasteiger partial charge in [0, 0.05) is 11.6 Å². The van der Waals surface area contributed by atoms with Gasteiger partial charge in [-0.2, -0.15) is 0 Å². The minimum absolute atomic E-state index is 0.207. The molecule has 8 heteroatoms. The molecule has 0 saturated heterocycles. The van der Waals surface area contributed by atoms with Crippen molar-refractivity contribution in [1.29, 1.82) is 0 Å². The highest BCUT2D eigenvalue weighted by Gasteiger charge is 2.19. The van der Waals surface area contributed by atoms with Crippen LogP contribution in [0.25, 0.3) is 0 Å². The predicted octanol–water partition coefficient (Wildman–Crippen LogP) is 2.27. The molecule has 0 fully saturated rings. The smallest absolute Gasteiger partial charge is 0.344 e. The second-order valence-electron chi connectivity index (χ2n) is 8.07. The number of carbonyl (C=O) groups excluding carboxylic acids is 3. The molecule has 1 aromatic carbocycles. The van der Waals surface area contributed by atoms with Gasteiger partial charge >= 0.3 is 11.9 Å². The van der Waals surface area contributed by atoms with Crippen molar-refractivity contribution in [2.24, 2.45) is 5.73 Å². The van der Waals surface area contributed by atoms with Gasteiger partial charge in [-0.25, -0.2) is 9.59 Å². The first-order chi connectivity index (χ1) is 12.8. The normalized spacial score (nSPS) is 11.5. The number of nitrogens with two attached hydrogens (primary N) is 1. The quantitative estimate of drug-likeness (QED) is 0.527. The highest BCUT2D eigenvalue weighted by Crippen LogP contribution is 2.24. The molecule has 1 rings (SSSR count). The van der Waals surface area contributed by atoms with Crippen LogP contribution < -0.4 is 15.2 Å². The van der Waals surface area contributed by atoms with Crippen LogP contribution >= 0.6 is 0 Å². The number of carbonyl (C=O) groups is 3. The molecule has 0 bridgehead atoms. The van der Waals surface area contributed by atoms with E-state index in [0.29, 0.717) is 0 Å². The van der Waals surface area contributed by atoms with Crippen molar-refractivity contribution in [3.8, 4) is 11.5 Å². The molecule has 0 aromatic heterocycles. The average Bonchev–Trinajstić information content (AvgIpc) is 2.54. The Morgan fingerprint density at radius 1 is 0.786 bits per heavy atom. The molecule has 0 saturated carbocycles. The molecule has 0 aliphatic rings. The van der Waals surface area contributed by atoms with Gasteiger partial charge in [-0.15, -0.1) is 0 Å². The Morgan fingerprint density at radius 3 is 1.50 bits per heavy atom. The first kappa shape index (κ1) is 23.4. The highest BCUT2D eigenvalue weighted by molar-refractivity contribution is 5.98. The minimum Gasteiger partial charge on any atom is -0.482 e. The molecule has 0 radical (unpaired) electrons. The third-order valence-corrected chi connectivity index (χ3v) is 2.94. The van der Waals surface area contributed by atoms with Crippen LogP contribution in [0.3, 0.4) is 0 Å². The number of esters is 2. The molecule has 0 aliphatic heterocycles. The maximum atomic E-state index is 12.0. The summed E-state index contributed by atoms with van der Waals surface area (Å²) >= 11 is 0. The van der Waals surface area contributed by atoms with E-state index in [0.717, 1.165) is 0 Å². The topological polar surface area (TPSA) is 114 Å². The molecule has 0 aliphatic carbocycles. The number of ether oxygens (including phenoxy) is 4. The largest absolute Gasteiger partial charge is 0.482 e. The van der Waals surface area contributed by atoms with Crippen molar-refractivity contribution in [3.63, 3.8) is 0 Å². The Kier molecular flexibility index (Phi) is 7.99. The van der Waals surface area contributed by atoms with E-state index in [1.165, 1.54) is 18.2 Å². The number of hydrogen-bond donors (Lipinski definition) is 1. The molecular weight excluding hydrogens is 366 g/mol. The molecule has 0 unspecified atom stereocenters. The van der Waals surface area contributed by atoms with E-state index in [-0.39, 0.29) is 42.6 Å². The molecule has 0 spiro atoms. The van der Waals surface area contributed by atoms with E-state index in [1.807, 2.05) is 0 Å². The molecule has 2 N–H and O–H groups in total. The Labute approximate surface area is 165 Å². The van der Waals surface area contributed by atoms with Crippen LogP contribution in [0, 0.1) is 0 Å². The summed E-state index contributed by atoms with van der Waals surface area (Å²) in [7, 11) is 0. The summed E-state index contributed by atoms with van der Waals surface area (Å²) in [5, 5.41) is 0. The Morgan fingerprint density at radius 2 is 1.18 bits per heavy atom. The third-order valence-electron chi connectivity index (χ3n) is 2.94. The fourth-order valence-electron chi connectivity index (χ4n) is 2.04. The lowest BCUT2D eigenvalue weighted by Gasteiger charge is -2.20. The van der Waals surface area contributed by atoms with E-state index >= 15 is 0 Å². The van der Waals surface area contributed by atoms with Gasteiger partial charge in [0.2, 0.25) is 0 Å². The average molecular weight is 395 g/mol. The van der Waals surface area contributed by atoms with Crippen LogP contribution in [0.15, 0.2) is 18.2 Å². The number of Topliss-reactive ketones (excluding diaryl/α,β-unsaturated/α-hetero) is 1. The maximum Gasteiger partial charge on any atom is 0.344 e. The van der Waals surface area contributed by atoms with Gasteiger partial charge in [0.05, 0.1) is 6.54 Å². The maximum absolute atomic E-state index is 12.0. The lowest BCUT2D eigenvalue weighted by Crippen LogP contribution is -2.27. The zero-order chi connectivity index (χ0) is 21.5. The summed E-state index contributed by atoms with van der Waals surface area (Å²) < 4.78 is 21.2. The Balaban J connectivity index is 2.87. The first-order valence-electron chi connectivity index (χ1n) is 8.87. The summed E-state index contributed by atoms with van der Waals surface area (Å²) in [6.45, 7) is 9.57. The van der Waals surface area contributed by atoms with Crippen molar-refractivity contribution in [1.82, 2.24) is 0 Å². The lowest BCUT2D eigenvalue weighted by atomic mass is 10.1. The fraction of sp³-hybridized carbons (Fsp3) is 0.550. The molecule has 28 heavy (non-hydrogen) atoms. The minimum atomic E-state index is -0.639.